The Balaban J connectivity index is 1.92. The quantitative estimate of drug-likeness (QED) is 0.796. The van der Waals surface area contributed by atoms with Crippen molar-refractivity contribution in [1.29, 1.82) is 0 Å². The molecule has 2 aliphatic rings. The summed E-state index contributed by atoms with van der Waals surface area (Å²) in [6, 6.07) is 0. The van der Waals surface area contributed by atoms with Gasteiger partial charge in [0.25, 0.3) is 0 Å². The topological polar surface area (TPSA) is 37.3 Å². The zero-order valence-electron chi connectivity index (χ0n) is 13.7. The van der Waals surface area contributed by atoms with Crippen LogP contribution in [0.5, 0.6) is 0 Å². The maximum absolute atomic E-state index is 5.96. The van der Waals surface area contributed by atoms with E-state index in [0.29, 0.717) is 13.3 Å². The normalized spacial score (nSPS) is 26.1. The van der Waals surface area contributed by atoms with Crippen molar-refractivity contribution in [1.82, 2.24) is 9.80 Å². The Morgan fingerprint density at radius 1 is 1.52 bits per heavy atom. The second kappa shape index (κ2) is 7.03. The van der Waals surface area contributed by atoms with Gasteiger partial charge in [0, 0.05) is 31.1 Å². The lowest BCUT2D eigenvalue weighted by Crippen LogP contribution is -2.47. The van der Waals surface area contributed by atoms with E-state index in [0.717, 1.165) is 18.1 Å². The van der Waals surface area contributed by atoms with Gasteiger partial charge in [-0.05, 0) is 33.8 Å². The van der Waals surface area contributed by atoms with Gasteiger partial charge in [0.15, 0.2) is 0 Å². The molecule has 2 heterocycles. The van der Waals surface area contributed by atoms with Crippen LogP contribution in [0.25, 0.3) is 0 Å². The monoisotopic (exact) mass is 313 g/mol. The van der Waals surface area contributed by atoms with Crippen LogP contribution in [0.1, 0.15) is 27.7 Å². The predicted molar refractivity (Wildman–Crippen MR) is 88.4 cm³/mol. The highest BCUT2D eigenvalue weighted by molar-refractivity contribution is 8.00. The summed E-state index contributed by atoms with van der Waals surface area (Å²) in [6.45, 7) is 11.1. The van der Waals surface area contributed by atoms with Gasteiger partial charge in [-0.1, -0.05) is 0 Å². The summed E-state index contributed by atoms with van der Waals surface area (Å²) in [5.74, 6) is 2.01. The molecule has 0 unspecified atom stereocenters. The average Bonchev–Trinajstić information content (AvgIpc) is 2.88. The highest BCUT2D eigenvalue weighted by Crippen LogP contribution is 2.28. The van der Waals surface area contributed by atoms with E-state index < -0.39 is 0 Å². The molecule has 2 rings (SSSR count). The smallest absolute Gasteiger partial charge is 0.142 e. The number of amidine groups is 1. The minimum atomic E-state index is 0.0867. The van der Waals surface area contributed by atoms with Gasteiger partial charge in [-0.3, -0.25) is 0 Å². The molecule has 0 aromatic heterocycles. The molecule has 0 saturated carbocycles. The highest BCUT2D eigenvalue weighted by atomic mass is 32.2. The molecule has 2 atom stereocenters. The van der Waals surface area contributed by atoms with E-state index >= 15 is 0 Å². The Bertz CT molecular complexity index is 406. The molecule has 120 valence electrons. The number of hydrogen-bond acceptors (Lipinski definition) is 6. The summed E-state index contributed by atoms with van der Waals surface area (Å²) in [5, 5.41) is 0. The van der Waals surface area contributed by atoms with Crippen molar-refractivity contribution in [2.45, 2.75) is 44.9 Å². The van der Waals surface area contributed by atoms with Crippen LogP contribution in [0.4, 0.5) is 0 Å². The Hall–Kier alpha value is -0.720. The molecule has 21 heavy (non-hydrogen) atoms. The number of nitrogens with zero attached hydrogens (tertiary/aromatic N) is 3. The number of hydrogen-bond donors (Lipinski definition) is 0. The van der Waals surface area contributed by atoms with Gasteiger partial charge in [-0.15, -0.1) is 11.8 Å². The fourth-order valence-electron chi connectivity index (χ4n) is 2.60. The van der Waals surface area contributed by atoms with Crippen molar-refractivity contribution in [3.8, 4) is 0 Å². The van der Waals surface area contributed by atoms with E-state index in [1.54, 1.807) is 18.9 Å². The first-order valence-corrected chi connectivity index (χ1v) is 8.52. The van der Waals surface area contributed by atoms with Gasteiger partial charge >= 0.3 is 0 Å². The second-order valence-electron chi connectivity index (χ2n) is 6.21. The maximum atomic E-state index is 5.96. The van der Waals surface area contributed by atoms with Crippen LogP contribution < -0.4 is 0 Å². The second-order valence-corrected chi connectivity index (χ2v) is 7.40. The maximum Gasteiger partial charge on any atom is 0.142 e. The molecular formula is C15H27N3O2S. The summed E-state index contributed by atoms with van der Waals surface area (Å²) in [4.78, 5) is 9.20. The summed E-state index contributed by atoms with van der Waals surface area (Å²) < 4.78 is 11.1. The van der Waals surface area contributed by atoms with E-state index in [1.807, 2.05) is 0 Å². The van der Waals surface area contributed by atoms with Gasteiger partial charge in [0.2, 0.25) is 0 Å². The summed E-state index contributed by atoms with van der Waals surface area (Å²) in [6.07, 6.45) is 4.30. The zero-order chi connectivity index (χ0) is 15.5. The minimum Gasteiger partial charge on any atom is -0.381 e. The van der Waals surface area contributed by atoms with Crippen molar-refractivity contribution in [3.05, 3.63) is 12.3 Å². The SMILES string of the molecule is CCN(C1=NCN([C@H]2CS[C@@H](COC)O2)C=C1)C(C)(C)C. The third-order valence-electron chi connectivity index (χ3n) is 3.62. The summed E-state index contributed by atoms with van der Waals surface area (Å²) >= 11 is 1.80. The highest BCUT2D eigenvalue weighted by Gasteiger charge is 2.31. The van der Waals surface area contributed by atoms with Crippen LogP contribution in [0.2, 0.25) is 0 Å². The molecule has 0 aliphatic carbocycles. The molecule has 0 N–H and O–H groups in total. The van der Waals surface area contributed by atoms with Gasteiger partial charge in [-0.25, -0.2) is 4.99 Å². The molecule has 0 spiro atoms. The van der Waals surface area contributed by atoms with Crippen LogP contribution in [0, 0.1) is 0 Å². The zero-order valence-corrected chi connectivity index (χ0v) is 14.5. The Morgan fingerprint density at radius 3 is 2.81 bits per heavy atom. The van der Waals surface area contributed by atoms with E-state index in [9.17, 15) is 0 Å². The fourth-order valence-corrected chi connectivity index (χ4v) is 3.69. The van der Waals surface area contributed by atoms with Gasteiger partial charge in [0.05, 0.1) is 6.61 Å². The molecule has 0 aromatic carbocycles. The first kappa shape index (κ1) is 16.6. The number of aliphatic imine (C=N–C) groups is 1. The molecule has 1 fully saturated rings. The van der Waals surface area contributed by atoms with Crippen molar-refractivity contribution in [3.63, 3.8) is 0 Å². The van der Waals surface area contributed by atoms with Gasteiger partial charge < -0.3 is 19.3 Å². The number of rotatable bonds is 4. The molecule has 5 nitrogen and oxygen atoms in total. The van der Waals surface area contributed by atoms with E-state index in [2.05, 4.69) is 49.8 Å². The number of methoxy groups -OCH3 is 1. The van der Waals surface area contributed by atoms with E-state index in [-0.39, 0.29) is 17.2 Å². The van der Waals surface area contributed by atoms with Gasteiger partial charge in [0.1, 0.15) is 24.2 Å². The first-order valence-electron chi connectivity index (χ1n) is 7.47. The lowest BCUT2D eigenvalue weighted by atomic mass is 10.1. The number of likely N-dealkylation sites (N-methyl/N-ethyl adjacent to an activating group) is 1. The molecule has 0 aromatic rings. The molecule has 2 aliphatic heterocycles. The van der Waals surface area contributed by atoms with Crippen LogP contribution in [-0.2, 0) is 9.47 Å². The standard InChI is InChI=1S/C15H27N3O2S/c1-6-18(15(2,3)4)12-7-8-17(11-16-12)13-10-21-14(20-13)9-19-5/h7-8,13-14H,6,9-11H2,1-5H3/t13-,14+/m1/s1. The van der Waals surface area contributed by atoms with Crippen LogP contribution in [0.15, 0.2) is 17.3 Å². The Kier molecular flexibility index (Phi) is 5.57. The lowest BCUT2D eigenvalue weighted by molar-refractivity contribution is -0.0415. The molecule has 1 saturated heterocycles. The van der Waals surface area contributed by atoms with Crippen molar-refractivity contribution in [2.75, 3.05) is 32.7 Å². The number of ether oxygens (including phenoxy) is 2. The molecule has 0 amide bonds. The molecule has 0 radical (unpaired) electrons. The van der Waals surface area contributed by atoms with Crippen LogP contribution in [-0.4, -0.2) is 65.5 Å². The Morgan fingerprint density at radius 2 is 2.29 bits per heavy atom. The third kappa shape index (κ3) is 4.14. The Labute approximate surface area is 132 Å². The fraction of sp³-hybridized carbons (Fsp3) is 0.800. The third-order valence-corrected chi connectivity index (χ3v) is 4.72. The number of thioether (sulfide) groups is 1. The predicted octanol–water partition coefficient (Wildman–Crippen LogP) is 2.35. The first-order chi connectivity index (χ1) is 9.95. The van der Waals surface area contributed by atoms with Crippen molar-refractivity contribution >= 4 is 17.6 Å². The van der Waals surface area contributed by atoms with Gasteiger partial charge in [-0.2, -0.15) is 0 Å². The van der Waals surface area contributed by atoms with Crippen LogP contribution in [0.3, 0.4) is 0 Å². The van der Waals surface area contributed by atoms with E-state index in [4.69, 9.17) is 14.5 Å². The summed E-state index contributed by atoms with van der Waals surface area (Å²) in [5.41, 5.74) is 0.226. The van der Waals surface area contributed by atoms with E-state index in [1.165, 1.54) is 0 Å². The largest absolute Gasteiger partial charge is 0.381 e. The van der Waals surface area contributed by atoms with Crippen LogP contribution >= 0.6 is 11.8 Å². The minimum absolute atomic E-state index is 0.0867. The lowest BCUT2D eigenvalue weighted by Gasteiger charge is -2.38. The molecule has 6 heteroatoms. The average molecular weight is 313 g/mol. The summed E-state index contributed by atoms with van der Waals surface area (Å²) in [7, 11) is 1.71. The van der Waals surface area contributed by atoms with Crippen molar-refractivity contribution < 1.29 is 9.47 Å². The molecular weight excluding hydrogens is 286 g/mol. The molecule has 0 bridgehead atoms. The van der Waals surface area contributed by atoms with Crippen molar-refractivity contribution in [2.24, 2.45) is 4.99 Å².